The zero-order valence-corrected chi connectivity index (χ0v) is 13.7. The summed E-state index contributed by atoms with van der Waals surface area (Å²) in [6.45, 7) is 0.798. The van der Waals surface area contributed by atoms with E-state index >= 15 is 0 Å². The van der Waals surface area contributed by atoms with E-state index < -0.39 is 0 Å². The molecular weight excluding hydrogens is 322 g/mol. The van der Waals surface area contributed by atoms with Gasteiger partial charge < -0.3 is 4.90 Å². The first-order valence-electron chi connectivity index (χ1n) is 6.78. The van der Waals surface area contributed by atoms with Crippen LogP contribution in [0.25, 0.3) is 0 Å². The first kappa shape index (κ1) is 14.9. The molecule has 4 heteroatoms. The van der Waals surface area contributed by atoms with E-state index in [9.17, 15) is 4.79 Å². The number of benzene rings is 1. The van der Waals surface area contributed by atoms with Gasteiger partial charge in [0.15, 0.2) is 0 Å². The number of carbonyl (C=O) groups excluding carboxylic acids is 1. The van der Waals surface area contributed by atoms with Crippen LogP contribution in [-0.2, 0) is 0 Å². The van der Waals surface area contributed by atoms with Gasteiger partial charge in [0.25, 0.3) is 5.91 Å². The third kappa shape index (κ3) is 3.54. The topological polar surface area (TPSA) is 20.3 Å². The van der Waals surface area contributed by atoms with E-state index in [1.165, 1.54) is 12.8 Å². The molecule has 1 aliphatic carbocycles. The van der Waals surface area contributed by atoms with Crippen molar-refractivity contribution in [2.24, 2.45) is 0 Å². The van der Waals surface area contributed by atoms with Crippen LogP contribution in [0.1, 0.15) is 36.0 Å². The monoisotopic (exact) mass is 341 g/mol. The summed E-state index contributed by atoms with van der Waals surface area (Å²) in [5, 5.41) is 0.844. The average Bonchev–Trinajstić information content (AvgIpc) is 2.98. The van der Waals surface area contributed by atoms with E-state index in [4.69, 9.17) is 0 Å². The largest absolute Gasteiger partial charge is 0.335 e. The fraction of sp³-hybridized carbons (Fsp3) is 0.533. The lowest BCUT2D eigenvalue weighted by molar-refractivity contribution is 0.0693. The number of nitrogens with zero attached hydrogens (tertiary/aromatic N) is 1. The van der Waals surface area contributed by atoms with Crippen LogP contribution in [0.15, 0.2) is 29.2 Å². The minimum Gasteiger partial charge on any atom is -0.335 e. The van der Waals surface area contributed by atoms with Crippen molar-refractivity contribution in [3.63, 3.8) is 0 Å². The van der Waals surface area contributed by atoms with Gasteiger partial charge in [-0.2, -0.15) is 0 Å². The molecule has 2 rings (SSSR count). The molecule has 0 bridgehead atoms. The number of rotatable bonds is 5. The minimum absolute atomic E-state index is 0.191. The summed E-state index contributed by atoms with van der Waals surface area (Å²) in [6, 6.07) is 8.35. The molecule has 0 atom stereocenters. The van der Waals surface area contributed by atoms with Crippen LogP contribution in [0.4, 0.5) is 0 Å². The Morgan fingerprint density at radius 2 is 2.05 bits per heavy atom. The Morgan fingerprint density at radius 3 is 2.68 bits per heavy atom. The highest BCUT2D eigenvalue weighted by Crippen LogP contribution is 2.27. The molecule has 0 saturated heterocycles. The summed E-state index contributed by atoms with van der Waals surface area (Å²) in [5.41, 5.74) is 0.850. The fourth-order valence-corrected chi connectivity index (χ4v) is 3.70. The van der Waals surface area contributed by atoms with E-state index in [1.54, 1.807) is 11.8 Å². The van der Waals surface area contributed by atoms with Gasteiger partial charge in [0.1, 0.15) is 0 Å². The van der Waals surface area contributed by atoms with Gasteiger partial charge in [-0.15, -0.1) is 11.8 Å². The summed E-state index contributed by atoms with van der Waals surface area (Å²) in [4.78, 5) is 15.9. The summed E-state index contributed by atoms with van der Waals surface area (Å²) in [5.74, 6) is 0.191. The van der Waals surface area contributed by atoms with Crippen LogP contribution < -0.4 is 0 Å². The molecule has 104 valence electrons. The fourth-order valence-electron chi connectivity index (χ4n) is 2.73. The van der Waals surface area contributed by atoms with Crippen LogP contribution in [0.2, 0.25) is 0 Å². The predicted octanol–water partition coefficient (Wildman–Crippen LogP) is 4.19. The summed E-state index contributed by atoms with van der Waals surface area (Å²) >= 11 is 5.12. The molecule has 19 heavy (non-hydrogen) atoms. The molecule has 1 saturated carbocycles. The van der Waals surface area contributed by atoms with Crippen LogP contribution in [-0.4, -0.2) is 35.0 Å². The first-order valence-corrected chi connectivity index (χ1v) is 9.12. The number of thioether (sulfide) groups is 1. The van der Waals surface area contributed by atoms with Gasteiger partial charge in [0.05, 0.1) is 5.56 Å². The van der Waals surface area contributed by atoms with Gasteiger partial charge in [-0.3, -0.25) is 4.79 Å². The maximum atomic E-state index is 12.8. The molecule has 2 nitrogen and oxygen atoms in total. The second kappa shape index (κ2) is 7.34. The zero-order valence-electron chi connectivity index (χ0n) is 11.3. The van der Waals surface area contributed by atoms with Crippen molar-refractivity contribution < 1.29 is 4.79 Å². The maximum absolute atomic E-state index is 12.8. The van der Waals surface area contributed by atoms with Crippen molar-refractivity contribution in [2.75, 3.05) is 18.1 Å². The molecule has 0 N–H and O–H groups in total. The van der Waals surface area contributed by atoms with Crippen molar-refractivity contribution in [1.82, 2.24) is 4.90 Å². The Hall–Kier alpha value is -0.480. The number of halogens is 1. The molecule has 0 spiro atoms. The molecule has 1 amide bonds. The van der Waals surface area contributed by atoms with E-state index in [0.29, 0.717) is 6.04 Å². The Labute approximate surface area is 128 Å². The van der Waals surface area contributed by atoms with Crippen LogP contribution >= 0.6 is 27.7 Å². The summed E-state index contributed by atoms with van der Waals surface area (Å²) < 4.78 is 0. The van der Waals surface area contributed by atoms with E-state index in [-0.39, 0.29) is 5.91 Å². The normalized spacial score (nSPS) is 15.7. The second-order valence-corrected chi connectivity index (χ2v) is 6.47. The first-order chi connectivity index (χ1) is 9.27. The Morgan fingerprint density at radius 1 is 1.37 bits per heavy atom. The molecule has 1 fully saturated rings. The molecule has 0 aromatic heterocycles. The van der Waals surface area contributed by atoms with E-state index in [1.807, 2.05) is 30.5 Å². The lowest BCUT2D eigenvalue weighted by Gasteiger charge is -2.29. The highest BCUT2D eigenvalue weighted by atomic mass is 79.9. The highest BCUT2D eigenvalue weighted by molar-refractivity contribution is 9.09. The maximum Gasteiger partial charge on any atom is 0.255 e. The molecule has 1 aliphatic rings. The Balaban J connectivity index is 2.22. The van der Waals surface area contributed by atoms with E-state index in [0.717, 1.165) is 35.2 Å². The van der Waals surface area contributed by atoms with Gasteiger partial charge in [-0.1, -0.05) is 40.9 Å². The van der Waals surface area contributed by atoms with Crippen LogP contribution in [0.5, 0.6) is 0 Å². The lowest BCUT2D eigenvalue weighted by Crippen LogP contribution is -2.40. The van der Waals surface area contributed by atoms with Gasteiger partial charge in [0, 0.05) is 22.8 Å². The van der Waals surface area contributed by atoms with Crippen molar-refractivity contribution in [3.05, 3.63) is 29.8 Å². The minimum atomic E-state index is 0.191. The number of alkyl halides is 1. The van der Waals surface area contributed by atoms with Gasteiger partial charge in [0.2, 0.25) is 0 Å². The molecule has 0 aliphatic heterocycles. The van der Waals surface area contributed by atoms with Crippen molar-refractivity contribution in [1.29, 1.82) is 0 Å². The van der Waals surface area contributed by atoms with Gasteiger partial charge >= 0.3 is 0 Å². The highest BCUT2D eigenvalue weighted by Gasteiger charge is 2.27. The zero-order chi connectivity index (χ0) is 13.7. The van der Waals surface area contributed by atoms with Crippen molar-refractivity contribution >= 4 is 33.6 Å². The smallest absolute Gasteiger partial charge is 0.255 e. The third-order valence-corrected chi connectivity index (χ3v) is 4.84. The van der Waals surface area contributed by atoms with Crippen LogP contribution in [0.3, 0.4) is 0 Å². The standard InChI is InChI=1S/C15H20BrNOS/c1-19-14-9-5-4-8-13(14)15(18)17(11-10-16)12-6-2-3-7-12/h4-5,8-9,12H,2-3,6-7,10-11H2,1H3. The number of hydrogen-bond donors (Lipinski definition) is 0. The number of amides is 1. The second-order valence-electron chi connectivity index (χ2n) is 4.83. The molecule has 0 unspecified atom stereocenters. The Kier molecular flexibility index (Phi) is 5.76. The van der Waals surface area contributed by atoms with Crippen molar-refractivity contribution in [3.8, 4) is 0 Å². The van der Waals surface area contributed by atoms with Gasteiger partial charge in [-0.05, 0) is 31.2 Å². The summed E-state index contributed by atoms with van der Waals surface area (Å²) in [6.07, 6.45) is 6.83. The van der Waals surface area contributed by atoms with E-state index in [2.05, 4.69) is 20.8 Å². The van der Waals surface area contributed by atoms with Crippen molar-refractivity contribution in [2.45, 2.75) is 36.6 Å². The average molecular weight is 342 g/mol. The molecule has 0 heterocycles. The number of hydrogen-bond acceptors (Lipinski definition) is 2. The number of carbonyl (C=O) groups is 1. The van der Waals surface area contributed by atoms with Gasteiger partial charge in [-0.25, -0.2) is 0 Å². The Bertz CT molecular complexity index is 432. The lowest BCUT2D eigenvalue weighted by atomic mass is 10.1. The predicted molar refractivity (Wildman–Crippen MR) is 85.3 cm³/mol. The molecule has 0 radical (unpaired) electrons. The summed E-state index contributed by atoms with van der Waals surface area (Å²) in [7, 11) is 0. The molecule has 1 aromatic rings. The molecule has 1 aromatic carbocycles. The third-order valence-electron chi connectivity index (χ3n) is 3.69. The quantitative estimate of drug-likeness (QED) is 0.591. The molecular formula is C15H20BrNOS. The van der Waals surface area contributed by atoms with Crippen LogP contribution in [0, 0.1) is 0 Å². The SMILES string of the molecule is CSc1ccccc1C(=O)N(CCBr)C1CCCC1.